The van der Waals surface area contributed by atoms with Gasteiger partial charge in [-0.1, -0.05) is 37.6 Å². The maximum absolute atomic E-state index is 12.6. The molecule has 0 aliphatic rings. The maximum Gasteiger partial charge on any atom is 0.417 e. The highest BCUT2D eigenvalue weighted by Crippen LogP contribution is 2.30. The summed E-state index contributed by atoms with van der Waals surface area (Å²) in [5, 5.41) is 3.78. The maximum atomic E-state index is 12.6. The first-order chi connectivity index (χ1) is 14.7. The lowest BCUT2D eigenvalue weighted by Gasteiger charge is -2.11. The number of halogens is 4. The van der Waals surface area contributed by atoms with Crippen molar-refractivity contribution in [1.29, 1.82) is 0 Å². The molecule has 0 atom stereocenters. The molecule has 0 unspecified atom stereocenters. The molecule has 5 nitrogen and oxygen atoms in total. The van der Waals surface area contributed by atoms with E-state index in [1.54, 1.807) is 12.1 Å². The number of ether oxygens (including phenoxy) is 1. The van der Waals surface area contributed by atoms with E-state index in [1.165, 1.54) is 12.4 Å². The molecule has 0 aliphatic carbocycles. The third kappa shape index (κ3) is 6.55. The molecule has 0 saturated carbocycles. The number of anilines is 1. The van der Waals surface area contributed by atoms with Crippen LogP contribution in [0, 0.1) is 5.92 Å². The summed E-state index contributed by atoms with van der Waals surface area (Å²) in [5.74, 6) is 1.64. The minimum Gasteiger partial charge on any atom is -0.439 e. The largest absolute Gasteiger partial charge is 0.439 e. The molecule has 0 aliphatic heterocycles. The fourth-order valence-electron chi connectivity index (χ4n) is 2.84. The van der Waals surface area contributed by atoms with Crippen molar-refractivity contribution in [2.24, 2.45) is 5.92 Å². The molecule has 1 N–H and O–H groups in total. The van der Waals surface area contributed by atoms with Gasteiger partial charge in [-0.2, -0.15) is 13.2 Å². The third-order valence-electron chi connectivity index (χ3n) is 4.38. The minimum absolute atomic E-state index is 0.0954. The highest BCUT2D eigenvalue weighted by Gasteiger charge is 2.30. The minimum atomic E-state index is -4.42. The van der Waals surface area contributed by atoms with Gasteiger partial charge in [0.25, 0.3) is 0 Å². The Morgan fingerprint density at radius 3 is 2.39 bits per heavy atom. The number of pyridine rings is 1. The molecule has 0 fully saturated rings. The standard InChI is InChI=1S/C22H22ClF3N4O/c1-14(2)11-18-20(23)21(30-13-29-18)27-10-9-15-3-6-17(7-4-15)31-19-8-5-16(12-28-19)22(24,25)26/h3-8,12-14H,9-11H2,1-2H3,(H,27,29,30). The van der Waals surface area contributed by atoms with Gasteiger partial charge >= 0.3 is 6.18 Å². The van der Waals surface area contributed by atoms with E-state index in [2.05, 4.69) is 34.1 Å². The predicted octanol–water partition coefficient (Wildman–Crippen LogP) is 6.19. The second-order valence-corrected chi connectivity index (χ2v) is 7.76. The summed E-state index contributed by atoms with van der Waals surface area (Å²) in [4.78, 5) is 12.2. The number of nitrogens with one attached hydrogen (secondary N) is 1. The van der Waals surface area contributed by atoms with Crippen molar-refractivity contribution < 1.29 is 17.9 Å². The molecular formula is C22H22ClF3N4O. The van der Waals surface area contributed by atoms with Crippen LogP contribution < -0.4 is 10.1 Å². The molecule has 31 heavy (non-hydrogen) atoms. The Morgan fingerprint density at radius 2 is 1.77 bits per heavy atom. The van der Waals surface area contributed by atoms with E-state index < -0.39 is 11.7 Å². The first-order valence-electron chi connectivity index (χ1n) is 9.75. The molecule has 1 aromatic carbocycles. The van der Waals surface area contributed by atoms with Gasteiger partial charge in [0.2, 0.25) is 5.88 Å². The summed E-state index contributed by atoms with van der Waals surface area (Å²) in [5.41, 5.74) is 1.06. The van der Waals surface area contributed by atoms with Gasteiger partial charge in [-0.15, -0.1) is 0 Å². The first kappa shape index (κ1) is 22.8. The fourth-order valence-corrected chi connectivity index (χ4v) is 3.08. The molecular weight excluding hydrogens is 429 g/mol. The summed E-state index contributed by atoms with van der Waals surface area (Å²) >= 11 is 6.39. The van der Waals surface area contributed by atoms with Crippen molar-refractivity contribution in [3.63, 3.8) is 0 Å². The van der Waals surface area contributed by atoms with Crippen LogP contribution in [-0.2, 0) is 19.0 Å². The van der Waals surface area contributed by atoms with Gasteiger partial charge in [0.05, 0.1) is 11.3 Å². The third-order valence-corrected chi connectivity index (χ3v) is 4.78. The molecule has 0 radical (unpaired) electrons. The Hall–Kier alpha value is -2.87. The van der Waals surface area contributed by atoms with Crippen LogP contribution in [0.1, 0.15) is 30.7 Å². The normalized spacial score (nSPS) is 11.6. The molecule has 2 heterocycles. The summed E-state index contributed by atoms with van der Waals surface area (Å²) < 4.78 is 43.3. The zero-order valence-corrected chi connectivity index (χ0v) is 17.8. The summed E-state index contributed by atoms with van der Waals surface area (Å²) in [6.45, 7) is 4.83. The zero-order chi connectivity index (χ0) is 22.4. The topological polar surface area (TPSA) is 59.9 Å². The number of alkyl halides is 3. The van der Waals surface area contributed by atoms with Gasteiger partial charge in [0.15, 0.2) is 0 Å². The lowest BCUT2D eigenvalue weighted by Crippen LogP contribution is -2.09. The van der Waals surface area contributed by atoms with Gasteiger partial charge in [0, 0.05) is 18.8 Å². The monoisotopic (exact) mass is 450 g/mol. The van der Waals surface area contributed by atoms with Crippen LogP contribution in [0.15, 0.2) is 48.9 Å². The molecule has 0 bridgehead atoms. The Bertz CT molecular complexity index is 993. The Labute approximate surface area is 183 Å². The van der Waals surface area contributed by atoms with E-state index in [1.807, 2.05) is 12.1 Å². The van der Waals surface area contributed by atoms with Gasteiger partial charge < -0.3 is 10.1 Å². The van der Waals surface area contributed by atoms with Crippen molar-refractivity contribution in [1.82, 2.24) is 15.0 Å². The van der Waals surface area contributed by atoms with E-state index in [4.69, 9.17) is 16.3 Å². The van der Waals surface area contributed by atoms with E-state index in [0.717, 1.165) is 36.4 Å². The zero-order valence-electron chi connectivity index (χ0n) is 17.1. The molecule has 164 valence electrons. The van der Waals surface area contributed by atoms with Crippen LogP contribution in [0.3, 0.4) is 0 Å². The predicted molar refractivity (Wildman–Crippen MR) is 114 cm³/mol. The van der Waals surface area contributed by atoms with Gasteiger partial charge in [0.1, 0.15) is 22.9 Å². The van der Waals surface area contributed by atoms with Gasteiger partial charge in [-0.3, -0.25) is 0 Å². The van der Waals surface area contributed by atoms with E-state index in [9.17, 15) is 13.2 Å². The first-order valence-corrected chi connectivity index (χ1v) is 10.1. The summed E-state index contributed by atoms with van der Waals surface area (Å²) in [6.07, 6.45) is -0.662. The van der Waals surface area contributed by atoms with Crippen LogP contribution in [0.25, 0.3) is 0 Å². The van der Waals surface area contributed by atoms with Gasteiger partial charge in [-0.25, -0.2) is 15.0 Å². The summed E-state index contributed by atoms with van der Waals surface area (Å²) in [7, 11) is 0. The Morgan fingerprint density at radius 1 is 1.03 bits per heavy atom. The van der Waals surface area contributed by atoms with Crippen LogP contribution in [0.5, 0.6) is 11.6 Å². The van der Waals surface area contributed by atoms with E-state index in [-0.39, 0.29) is 5.88 Å². The number of benzene rings is 1. The van der Waals surface area contributed by atoms with Crippen molar-refractivity contribution in [3.05, 3.63) is 70.8 Å². The Kier molecular flexibility index (Phi) is 7.33. The second kappa shape index (κ2) is 9.96. The lowest BCUT2D eigenvalue weighted by atomic mass is 10.1. The fraction of sp³-hybridized carbons (Fsp3) is 0.318. The van der Waals surface area contributed by atoms with Gasteiger partial charge in [-0.05, 0) is 42.5 Å². The number of hydrogen-bond acceptors (Lipinski definition) is 5. The lowest BCUT2D eigenvalue weighted by molar-refractivity contribution is -0.137. The molecule has 3 rings (SSSR count). The summed E-state index contributed by atoms with van der Waals surface area (Å²) in [6, 6.07) is 9.38. The number of rotatable bonds is 8. The van der Waals surface area contributed by atoms with E-state index in [0.29, 0.717) is 29.1 Å². The Balaban J connectivity index is 1.53. The molecule has 2 aromatic heterocycles. The van der Waals surface area contributed by atoms with Crippen LogP contribution >= 0.6 is 11.6 Å². The van der Waals surface area contributed by atoms with E-state index >= 15 is 0 Å². The van der Waals surface area contributed by atoms with Crippen molar-refractivity contribution >= 4 is 17.4 Å². The molecule has 9 heteroatoms. The van der Waals surface area contributed by atoms with Crippen LogP contribution in [-0.4, -0.2) is 21.5 Å². The molecule has 0 amide bonds. The van der Waals surface area contributed by atoms with Crippen molar-refractivity contribution in [2.75, 3.05) is 11.9 Å². The number of nitrogens with zero attached hydrogens (tertiary/aromatic N) is 3. The number of aromatic nitrogens is 3. The van der Waals surface area contributed by atoms with Crippen molar-refractivity contribution in [2.45, 2.75) is 32.9 Å². The average molecular weight is 451 g/mol. The highest BCUT2D eigenvalue weighted by atomic mass is 35.5. The second-order valence-electron chi connectivity index (χ2n) is 7.39. The molecule has 0 spiro atoms. The highest BCUT2D eigenvalue weighted by molar-refractivity contribution is 6.33. The van der Waals surface area contributed by atoms with Crippen molar-refractivity contribution in [3.8, 4) is 11.6 Å². The smallest absolute Gasteiger partial charge is 0.417 e. The average Bonchev–Trinajstić information content (AvgIpc) is 2.71. The molecule has 3 aromatic rings. The van der Waals surface area contributed by atoms with Crippen LogP contribution in [0.2, 0.25) is 5.02 Å². The van der Waals surface area contributed by atoms with Crippen LogP contribution in [0.4, 0.5) is 19.0 Å². The quantitative estimate of drug-likeness (QED) is 0.443. The molecule has 0 saturated heterocycles. The number of hydrogen-bond donors (Lipinski definition) is 1. The SMILES string of the molecule is CC(C)Cc1ncnc(NCCc2ccc(Oc3ccc(C(F)(F)F)cn3)cc2)c1Cl.